The molecule has 0 fully saturated rings. The third-order valence-electron chi connectivity index (χ3n) is 5.93. The largest absolute Gasteiger partial charge is 0.317 e. The third kappa shape index (κ3) is 2.81. The van der Waals surface area contributed by atoms with Crippen molar-refractivity contribution in [3.63, 3.8) is 0 Å². The Morgan fingerprint density at radius 3 is 2.19 bits per heavy atom. The predicted molar refractivity (Wildman–Crippen MR) is 122 cm³/mol. The Morgan fingerprint density at radius 1 is 0.774 bits per heavy atom. The average Bonchev–Trinajstić information content (AvgIpc) is 3.38. The zero-order chi connectivity index (χ0) is 20.9. The van der Waals surface area contributed by atoms with E-state index in [1.54, 1.807) is 0 Å². The SMILES string of the molecule is Cc1ccc(-c2nc3n(c2-c2ccc(C)cc2)Cc2cnnn2-c2ccccc2-3)cc1. The molecule has 3 heterocycles. The lowest BCUT2D eigenvalue weighted by Crippen LogP contribution is -2.05. The van der Waals surface area contributed by atoms with Crippen LogP contribution < -0.4 is 0 Å². The first-order valence-corrected chi connectivity index (χ1v) is 10.4. The van der Waals surface area contributed by atoms with Crippen LogP contribution in [0.5, 0.6) is 0 Å². The van der Waals surface area contributed by atoms with Gasteiger partial charge in [0.05, 0.1) is 35.5 Å². The van der Waals surface area contributed by atoms with Crippen molar-refractivity contribution in [2.45, 2.75) is 20.4 Å². The molecule has 0 amide bonds. The van der Waals surface area contributed by atoms with Gasteiger partial charge in [-0.05, 0) is 26.0 Å². The van der Waals surface area contributed by atoms with Crippen LogP contribution in [0.4, 0.5) is 0 Å². The van der Waals surface area contributed by atoms with E-state index in [0.29, 0.717) is 6.54 Å². The van der Waals surface area contributed by atoms with Gasteiger partial charge < -0.3 is 4.57 Å². The topological polar surface area (TPSA) is 48.5 Å². The van der Waals surface area contributed by atoms with E-state index < -0.39 is 0 Å². The summed E-state index contributed by atoms with van der Waals surface area (Å²) >= 11 is 0. The summed E-state index contributed by atoms with van der Waals surface area (Å²) in [6.07, 6.45) is 1.84. The van der Waals surface area contributed by atoms with Crippen molar-refractivity contribution >= 4 is 0 Å². The van der Waals surface area contributed by atoms with Crippen molar-refractivity contribution in [1.29, 1.82) is 0 Å². The van der Waals surface area contributed by atoms with Gasteiger partial charge >= 0.3 is 0 Å². The van der Waals surface area contributed by atoms with Crippen LogP contribution in [0.1, 0.15) is 16.8 Å². The molecule has 0 radical (unpaired) electrons. The molecule has 0 unspecified atom stereocenters. The van der Waals surface area contributed by atoms with E-state index >= 15 is 0 Å². The molecular weight excluding hydrogens is 382 g/mol. The van der Waals surface area contributed by atoms with Gasteiger partial charge in [0.1, 0.15) is 5.82 Å². The molecule has 3 aromatic carbocycles. The molecule has 0 saturated heterocycles. The molecule has 150 valence electrons. The Morgan fingerprint density at radius 2 is 1.45 bits per heavy atom. The first kappa shape index (κ1) is 17.8. The molecule has 0 atom stereocenters. The van der Waals surface area contributed by atoms with Gasteiger partial charge in [-0.15, -0.1) is 5.10 Å². The van der Waals surface area contributed by atoms with Gasteiger partial charge in [-0.2, -0.15) is 0 Å². The fourth-order valence-electron chi connectivity index (χ4n) is 4.31. The summed E-state index contributed by atoms with van der Waals surface area (Å²) < 4.78 is 4.23. The van der Waals surface area contributed by atoms with Crippen LogP contribution in [0.3, 0.4) is 0 Å². The third-order valence-corrected chi connectivity index (χ3v) is 5.93. The van der Waals surface area contributed by atoms with Crippen molar-refractivity contribution in [2.75, 3.05) is 0 Å². The van der Waals surface area contributed by atoms with E-state index in [1.165, 1.54) is 11.1 Å². The van der Waals surface area contributed by atoms with Crippen molar-refractivity contribution in [1.82, 2.24) is 24.5 Å². The molecule has 2 aromatic heterocycles. The highest BCUT2D eigenvalue weighted by molar-refractivity contribution is 5.84. The first-order chi connectivity index (χ1) is 15.2. The van der Waals surface area contributed by atoms with Crippen LogP contribution in [0.15, 0.2) is 79.0 Å². The minimum absolute atomic E-state index is 0.652. The second-order valence-corrected chi connectivity index (χ2v) is 8.11. The lowest BCUT2D eigenvalue weighted by atomic mass is 10.0. The molecule has 0 saturated carbocycles. The van der Waals surface area contributed by atoms with Crippen molar-refractivity contribution in [3.8, 4) is 39.6 Å². The summed E-state index contributed by atoms with van der Waals surface area (Å²) in [4.78, 5) is 5.21. The summed E-state index contributed by atoms with van der Waals surface area (Å²) in [5, 5.41) is 8.54. The van der Waals surface area contributed by atoms with Crippen molar-refractivity contribution in [2.24, 2.45) is 0 Å². The van der Waals surface area contributed by atoms with E-state index in [1.807, 2.05) is 16.9 Å². The summed E-state index contributed by atoms with van der Waals surface area (Å²) in [6, 6.07) is 25.6. The number of aromatic nitrogens is 5. The molecule has 0 bridgehead atoms. The van der Waals surface area contributed by atoms with E-state index in [0.717, 1.165) is 45.3 Å². The van der Waals surface area contributed by atoms with Crippen molar-refractivity contribution < 1.29 is 0 Å². The number of benzene rings is 3. The smallest absolute Gasteiger partial charge is 0.143 e. The standard InChI is InChI=1S/C26H21N5/c1-17-7-11-19(12-8-17)24-25(20-13-9-18(2)10-14-20)30-16-21-15-27-29-31(21)23-6-4-3-5-22(23)26(30)28-24/h3-15H,16H2,1-2H3. The summed E-state index contributed by atoms with van der Waals surface area (Å²) in [7, 11) is 0. The Kier molecular flexibility index (Phi) is 3.90. The van der Waals surface area contributed by atoms with Crippen LogP contribution in [-0.2, 0) is 6.54 Å². The van der Waals surface area contributed by atoms with Crippen LogP contribution in [0, 0.1) is 13.8 Å². The van der Waals surface area contributed by atoms with Gasteiger partial charge in [-0.3, -0.25) is 0 Å². The second-order valence-electron chi connectivity index (χ2n) is 8.11. The summed E-state index contributed by atoms with van der Waals surface area (Å²) in [5.41, 5.74) is 9.95. The quantitative estimate of drug-likeness (QED) is 0.387. The van der Waals surface area contributed by atoms with E-state index in [2.05, 4.69) is 95.5 Å². The fourth-order valence-corrected chi connectivity index (χ4v) is 4.31. The molecule has 6 rings (SSSR count). The van der Waals surface area contributed by atoms with Crippen LogP contribution >= 0.6 is 0 Å². The van der Waals surface area contributed by atoms with Gasteiger partial charge in [-0.25, -0.2) is 9.67 Å². The van der Waals surface area contributed by atoms with E-state index in [4.69, 9.17) is 4.98 Å². The average molecular weight is 403 g/mol. The highest BCUT2D eigenvalue weighted by atomic mass is 15.4. The monoisotopic (exact) mass is 403 g/mol. The molecule has 31 heavy (non-hydrogen) atoms. The number of fused-ring (bicyclic) bond motifs is 5. The molecule has 5 aromatic rings. The Labute approximate surface area is 180 Å². The van der Waals surface area contributed by atoms with Gasteiger partial charge in [0, 0.05) is 16.7 Å². The van der Waals surface area contributed by atoms with E-state index in [-0.39, 0.29) is 0 Å². The van der Waals surface area contributed by atoms with Gasteiger partial charge in [0.25, 0.3) is 0 Å². The van der Waals surface area contributed by atoms with Crippen LogP contribution in [0.25, 0.3) is 39.6 Å². The van der Waals surface area contributed by atoms with Gasteiger partial charge in [0.2, 0.25) is 0 Å². The van der Waals surface area contributed by atoms with E-state index in [9.17, 15) is 0 Å². The predicted octanol–water partition coefficient (Wildman–Crippen LogP) is 5.44. The Hall–Kier alpha value is -3.99. The molecule has 1 aliphatic rings. The van der Waals surface area contributed by atoms with Crippen LogP contribution in [0.2, 0.25) is 0 Å². The first-order valence-electron chi connectivity index (χ1n) is 10.4. The summed E-state index contributed by atoms with van der Waals surface area (Å²) in [5.74, 6) is 0.951. The lowest BCUT2D eigenvalue weighted by molar-refractivity contribution is 0.730. The molecule has 5 heteroatoms. The number of imidazole rings is 1. The number of rotatable bonds is 2. The van der Waals surface area contributed by atoms with Crippen molar-refractivity contribution in [3.05, 3.63) is 95.8 Å². The van der Waals surface area contributed by atoms with Gasteiger partial charge in [-0.1, -0.05) is 77.0 Å². The Bertz CT molecular complexity index is 1410. The fraction of sp³-hybridized carbons (Fsp3) is 0.115. The maximum atomic E-state index is 5.21. The number of aryl methyl sites for hydroxylation is 2. The molecule has 5 nitrogen and oxygen atoms in total. The minimum Gasteiger partial charge on any atom is -0.317 e. The van der Waals surface area contributed by atoms with Gasteiger partial charge in [0.15, 0.2) is 0 Å². The Balaban J connectivity index is 1.69. The molecular formula is C26H21N5. The van der Waals surface area contributed by atoms with Crippen LogP contribution in [-0.4, -0.2) is 24.5 Å². The highest BCUT2D eigenvalue weighted by Crippen LogP contribution is 2.40. The normalized spacial score (nSPS) is 12.1. The number of para-hydroxylation sites is 1. The molecule has 0 N–H and O–H groups in total. The molecule has 0 spiro atoms. The zero-order valence-electron chi connectivity index (χ0n) is 17.4. The maximum Gasteiger partial charge on any atom is 0.143 e. The number of nitrogens with zero attached hydrogens (tertiary/aromatic N) is 5. The lowest BCUT2D eigenvalue weighted by Gasteiger charge is -2.11. The maximum absolute atomic E-state index is 5.21. The highest BCUT2D eigenvalue weighted by Gasteiger charge is 2.27. The second kappa shape index (κ2) is 6.77. The number of hydrogen-bond acceptors (Lipinski definition) is 3. The number of hydrogen-bond donors (Lipinski definition) is 0. The minimum atomic E-state index is 0.652. The summed E-state index contributed by atoms with van der Waals surface area (Å²) in [6.45, 7) is 4.87. The zero-order valence-corrected chi connectivity index (χ0v) is 17.4. The molecule has 0 aliphatic carbocycles. The molecule has 1 aliphatic heterocycles.